The predicted molar refractivity (Wildman–Crippen MR) is 85.9 cm³/mol. The normalized spacial score (nSPS) is 21.7. The summed E-state index contributed by atoms with van der Waals surface area (Å²) >= 11 is 0. The third kappa shape index (κ3) is 2.53. The molecule has 2 heterocycles. The number of anilines is 2. The van der Waals surface area contributed by atoms with Crippen molar-refractivity contribution in [2.75, 3.05) is 30.4 Å². The van der Waals surface area contributed by atoms with E-state index in [-0.39, 0.29) is 0 Å². The summed E-state index contributed by atoms with van der Waals surface area (Å²) in [5.74, 6) is 1.92. The molecule has 2 aromatic rings. The van der Waals surface area contributed by atoms with Crippen LogP contribution in [0.4, 0.5) is 11.6 Å². The van der Waals surface area contributed by atoms with Gasteiger partial charge in [0.05, 0.1) is 11.0 Å². The van der Waals surface area contributed by atoms with Crippen LogP contribution in [0.5, 0.6) is 0 Å². The number of likely N-dealkylation sites (N-methyl/N-ethyl adjacent to an activating group) is 1. The lowest BCUT2D eigenvalue weighted by Gasteiger charge is -2.27. The largest absolute Gasteiger partial charge is 0.364 e. The Bertz CT molecular complexity index is 646. The molecule has 0 bridgehead atoms. The van der Waals surface area contributed by atoms with Crippen molar-refractivity contribution < 1.29 is 0 Å². The molecule has 1 saturated carbocycles. The van der Waals surface area contributed by atoms with Gasteiger partial charge in [-0.2, -0.15) is 0 Å². The zero-order valence-electron chi connectivity index (χ0n) is 12.3. The first-order valence-electron chi connectivity index (χ1n) is 7.78. The van der Waals surface area contributed by atoms with Gasteiger partial charge in [0.15, 0.2) is 11.6 Å². The minimum atomic E-state index is 0.500. The Hall–Kier alpha value is -1.88. The molecule has 1 aromatic heterocycles. The summed E-state index contributed by atoms with van der Waals surface area (Å²) in [5.41, 5.74) is 1.93. The predicted octanol–water partition coefficient (Wildman–Crippen LogP) is 2.00. The maximum atomic E-state index is 4.87. The molecule has 5 nitrogen and oxygen atoms in total. The molecule has 1 aromatic carbocycles. The highest BCUT2D eigenvalue weighted by atomic mass is 15.3. The van der Waals surface area contributed by atoms with Gasteiger partial charge in [-0.1, -0.05) is 12.1 Å². The standard InChI is InChI=1S/C16H21N5/c1-21(12-8-9-17-10-12)16-15(18-11-6-7-11)19-13-4-2-3-5-14(13)20-16/h2-5,11-12,17H,6-10H2,1H3,(H,18,19). The fourth-order valence-electron chi connectivity index (χ4n) is 2.90. The van der Waals surface area contributed by atoms with Crippen molar-refractivity contribution in [3.05, 3.63) is 24.3 Å². The molecule has 21 heavy (non-hydrogen) atoms. The smallest absolute Gasteiger partial charge is 0.172 e. The van der Waals surface area contributed by atoms with Gasteiger partial charge in [-0.15, -0.1) is 0 Å². The topological polar surface area (TPSA) is 53.1 Å². The summed E-state index contributed by atoms with van der Waals surface area (Å²) in [6.07, 6.45) is 3.64. The molecule has 1 saturated heterocycles. The van der Waals surface area contributed by atoms with Crippen molar-refractivity contribution >= 4 is 22.7 Å². The van der Waals surface area contributed by atoms with E-state index < -0.39 is 0 Å². The Morgan fingerprint density at radius 3 is 2.57 bits per heavy atom. The van der Waals surface area contributed by atoms with Gasteiger partial charge in [-0.25, -0.2) is 9.97 Å². The van der Waals surface area contributed by atoms with Gasteiger partial charge in [-0.3, -0.25) is 0 Å². The van der Waals surface area contributed by atoms with E-state index in [1.54, 1.807) is 0 Å². The van der Waals surface area contributed by atoms with E-state index in [9.17, 15) is 0 Å². The van der Waals surface area contributed by atoms with Gasteiger partial charge >= 0.3 is 0 Å². The maximum absolute atomic E-state index is 4.87. The van der Waals surface area contributed by atoms with E-state index in [1.807, 2.05) is 24.3 Å². The van der Waals surface area contributed by atoms with E-state index in [1.165, 1.54) is 12.8 Å². The third-order valence-corrected chi connectivity index (χ3v) is 4.39. The van der Waals surface area contributed by atoms with Crippen LogP contribution in [0, 0.1) is 0 Å². The number of nitrogens with zero attached hydrogens (tertiary/aromatic N) is 3. The summed E-state index contributed by atoms with van der Waals surface area (Å²) in [6, 6.07) is 9.18. The second-order valence-electron chi connectivity index (χ2n) is 6.06. The van der Waals surface area contributed by atoms with Crippen molar-refractivity contribution in [3.63, 3.8) is 0 Å². The van der Waals surface area contributed by atoms with Crippen LogP contribution < -0.4 is 15.5 Å². The Labute approximate surface area is 124 Å². The summed E-state index contributed by atoms with van der Waals surface area (Å²) in [6.45, 7) is 2.11. The number of para-hydroxylation sites is 2. The highest BCUT2D eigenvalue weighted by Crippen LogP contribution is 2.31. The van der Waals surface area contributed by atoms with Crippen molar-refractivity contribution in [2.24, 2.45) is 0 Å². The van der Waals surface area contributed by atoms with E-state index >= 15 is 0 Å². The second kappa shape index (κ2) is 5.15. The zero-order chi connectivity index (χ0) is 14.2. The van der Waals surface area contributed by atoms with Crippen LogP contribution in [0.15, 0.2) is 24.3 Å². The molecule has 2 fully saturated rings. The Kier molecular flexibility index (Phi) is 3.15. The van der Waals surface area contributed by atoms with Crippen LogP contribution in [-0.4, -0.2) is 42.2 Å². The number of benzene rings is 1. The molecule has 2 N–H and O–H groups in total. The molecule has 1 aliphatic carbocycles. The number of hydrogen-bond donors (Lipinski definition) is 2. The quantitative estimate of drug-likeness (QED) is 0.899. The Balaban J connectivity index is 1.75. The molecule has 110 valence electrons. The van der Waals surface area contributed by atoms with Gasteiger partial charge in [-0.05, 0) is 37.9 Å². The molecule has 0 amide bonds. The average Bonchev–Trinajstić information content (AvgIpc) is 3.16. The fourth-order valence-corrected chi connectivity index (χ4v) is 2.90. The van der Waals surface area contributed by atoms with Crippen LogP contribution in [-0.2, 0) is 0 Å². The molecule has 1 aliphatic heterocycles. The molecule has 0 radical (unpaired) electrons. The fraction of sp³-hybridized carbons (Fsp3) is 0.500. The Morgan fingerprint density at radius 1 is 1.14 bits per heavy atom. The first-order chi connectivity index (χ1) is 10.3. The number of fused-ring (bicyclic) bond motifs is 1. The lowest BCUT2D eigenvalue weighted by molar-refractivity contribution is 0.678. The third-order valence-electron chi connectivity index (χ3n) is 4.39. The molecule has 4 rings (SSSR count). The summed E-state index contributed by atoms with van der Waals surface area (Å²) in [5, 5.41) is 6.97. The van der Waals surface area contributed by atoms with Gasteiger partial charge in [0.25, 0.3) is 0 Å². The molecular formula is C16H21N5. The molecule has 5 heteroatoms. The van der Waals surface area contributed by atoms with E-state index in [2.05, 4.69) is 22.6 Å². The highest BCUT2D eigenvalue weighted by molar-refractivity contribution is 5.80. The molecule has 0 spiro atoms. The van der Waals surface area contributed by atoms with Crippen molar-refractivity contribution in [1.82, 2.24) is 15.3 Å². The number of nitrogens with one attached hydrogen (secondary N) is 2. The zero-order valence-corrected chi connectivity index (χ0v) is 12.3. The van der Waals surface area contributed by atoms with Gasteiger partial charge in [0, 0.05) is 25.7 Å². The van der Waals surface area contributed by atoms with Crippen molar-refractivity contribution in [2.45, 2.75) is 31.3 Å². The first-order valence-corrected chi connectivity index (χ1v) is 7.78. The first kappa shape index (κ1) is 12.8. The minimum Gasteiger partial charge on any atom is -0.364 e. The number of hydrogen-bond acceptors (Lipinski definition) is 5. The SMILES string of the molecule is CN(c1nc2ccccc2nc1NC1CC1)C1CCNC1. The summed E-state index contributed by atoms with van der Waals surface area (Å²) in [4.78, 5) is 12.0. The van der Waals surface area contributed by atoms with Gasteiger partial charge < -0.3 is 15.5 Å². The molecular weight excluding hydrogens is 262 g/mol. The number of rotatable bonds is 4. The van der Waals surface area contributed by atoms with Crippen LogP contribution in [0.3, 0.4) is 0 Å². The summed E-state index contributed by atoms with van der Waals surface area (Å²) in [7, 11) is 2.13. The van der Waals surface area contributed by atoms with Crippen LogP contribution in [0.1, 0.15) is 19.3 Å². The molecule has 2 aliphatic rings. The van der Waals surface area contributed by atoms with Crippen LogP contribution >= 0.6 is 0 Å². The molecule has 1 atom stereocenters. The van der Waals surface area contributed by atoms with Crippen molar-refractivity contribution in [3.8, 4) is 0 Å². The van der Waals surface area contributed by atoms with Crippen LogP contribution in [0.25, 0.3) is 11.0 Å². The lowest BCUT2D eigenvalue weighted by Crippen LogP contribution is -2.34. The Morgan fingerprint density at radius 2 is 1.90 bits per heavy atom. The van der Waals surface area contributed by atoms with Gasteiger partial charge in [0.1, 0.15) is 0 Å². The van der Waals surface area contributed by atoms with E-state index in [0.29, 0.717) is 12.1 Å². The van der Waals surface area contributed by atoms with E-state index in [0.717, 1.165) is 42.2 Å². The second-order valence-corrected chi connectivity index (χ2v) is 6.06. The highest BCUT2D eigenvalue weighted by Gasteiger charge is 2.27. The maximum Gasteiger partial charge on any atom is 0.172 e. The monoisotopic (exact) mass is 283 g/mol. The lowest BCUT2D eigenvalue weighted by atomic mass is 10.2. The van der Waals surface area contributed by atoms with E-state index in [4.69, 9.17) is 9.97 Å². The van der Waals surface area contributed by atoms with Gasteiger partial charge in [0.2, 0.25) is 0 Å². The van der Waals surface area contributed by atoms with Crippen molar-refractivity contribution in [1.29, 1.82) is 0 Å². The minimum absolute atomic E-state index is 0.500. The van der Waals surface area contributed by atoms with Crippen LogP contribution in [0.2, 0.25) is 0 Å². The average molecular weight is 283 g/mol. The molecule has 1 unspecified atom stereocenters. The number of aromatic nitrogens is 2. The summed E-state index contributed by atoms with van der Waals surface area (Å²) < 4.78 is 0.